The van der Waals surface area contributed by atoms with Gasteiger partial charge in [-0.2, -0.15) is 0 Å². The summed E-state index contributed by atoms with van der Waals surface area (Å²) < 4.78 is 4.77. The van der Waals surface area contributed by atoms with Crippen LogP contribution >= 0.6 is 0 Å². The van der Waals surface area contributed by atoms with Crippen LogP contribution in [0.2, 0.25) is 0 Å². The molecule has 0 saturated heterocycles. The van der Waals surface area contributed by atoms with Crippen molar-refractivity contribution in [2.24, 2.45) is 0 Å². The van der Waals surface area contributed by atoms with Crippen molar-refractivity contribution >= 4 is 5.97 Å². The van der Waals surface area contributed by atoms with E-state index in [1.165, 1.54) is 25.5 Å². The fraction of sp³-hybridized carbons (Fsp3) is 0.562. The van der Waals surface area contributed by atoms with Crippen LogP contribution in [0.1, 0.15) is 51.1 Å². The molecule has 1 N–H and O–H groups in total. The molecular formula is C16H25NO2. The van der Waals surface area contributed by atoms with E-state index < -0.39 is 0 Å². The van der Waals surface area contributed by atoms with Gasteiger partial charge in [0.05, 0.1) is 7.11 Å². The third kappa shape index (κ3) is 5.43. The molecule has 106 valence electrons. The van der Waals surface area contributed by atoms with Crippen molar-refractivity contribution in [1.82, 2.24) is 5.32 Å². The van der Waals surface area contributed by atoms with Gasteiger partial charge in [-0.1, -0.05) is 56.5 Å². The minimum absolute atomic E-state index is 0.210. The Morgan fingerprint density at radius 1 is 1.26 bits per heavy atom. The van der Waals surface area contributed by atoms with Crippen molar-refractivity contribution in [2.45, 2.75) is 51.6 Å². The Kier molecular flexibility index (Phi) is 7.19. The van der Waals surface area contributed by atoms with Crippen LogP contribution in [0.5, 0.6) is 0 Å². The number of ether oxygens (including phenoxy) is 1. The van der Waals surface area contributed by atoms with Gasteiger partial charge >= 0.3 is 5.97 Å². The van der Waals surface area contributed by atoms with Gasteiger partial charge in [-0.15, -0.1) is 0 Å². The molecule has 3 nitrogen and oxygen atoms in total. The van der Waals surface area contributed by atoms with E-state index in [1.807, 2.05) is 25.1 Å². The standard InChI is InChI=1S/C16H25NO2/c1-4-5-7-12-15(14-10-8-6-9-11-14)17-13(2)16(18)19-3/h6,8-11,13,15,17H,4-5,7,12H2,1-3H3. The van der Waals surface area contributed by atoms with E-state index in [4.69, 9.17) is 4.74 Å². The Labute approximate surface area is 116 Å². The molecule has 19 heavy (non-hydrogen) atoms. The number of hydrogen-bond acceptors (Lipinski definition) is 3. The molecule has 0 saturated carbocycles. The summed E-state index contributed by atoms with van der Waals surface area (Å²) >= 11 is 0. The van der Waals surface area contributed by atoms with Crippen LogP contribution in [-0.4, -0.2) is 19.1 Å². The lowest BCUT2D eigenvalue weighted by molar-refractivity contribution is -0.142. The molecule has 0 bridgehead atoms. The summed E-state index contributed by atoms with van der Waals surface area (Å²) in [6.45, 7) is 4.05. The average molecular weight is 263 g/mol. The maximum absolute atomic E-state index is 11.5. The molecule has 0 aliphatic heterocycles. The van der Waals surface area contributed by atoms with E-state index in [2.05, 4.69) is 24.4 Å². The van der Waals surface area contributed by atoms with Crippen molar-refractivity contribution in [3.8, 4) is 0 Å². The fourth-order valence-corrected chi connectivity index (χ4v) is 2.18. The molecule has 1 aromatic rings. The number of benzene rings is 1. The first-order valence-electron chi connectivity index (χ1n) is 7.07. The highest BCUT2D eigenvalue weighted by Gasteiger charge is 2.19. The Morgan fingerprint density at radius 2 is 1.95 bits per heavy atom. The molecule has 0 radical (unpaired) electrons. The van der Waals surface area contributed by atoms with Gasteiger partial charge in [-0.05, 0) is 18.9 Å². The molecule has 0 spiro atoms. The molecule has 2 unspecified atom stereocenters. The van der Waals surface area contributed by atoms with Crippen molar-refractivity contribution in [2.75, 3.05) is 7.11 Å². The van der Waals surface area contributed by atoms with Crippen LogP contribution in [0.4, 0.5) is 0 Å². The number of carbonyl (C=O) groups excluding carboxylic acids is 1. The predicted octanol–water partition coefficient (Wildman–Crippen LogP) is 3.46. The molecule has 0 fully saturated rings. The third-order valence-electron chi connectivity index (χ3n) is 3.30. The normalized spacial score (nSPS) is 13.8. The molecular weight excluding hydrogens is 238 g/mol. The van der Waals surface area contributed by atoms with Crippen LogP contribution < -0.4 is 5.32 Å². The van der Waals surface area contributed by atoms with Crippen LogP contribution in [0.25, 0.3) is 0 Å². The highest BCUT2D eigenvalue weighted by Crippen LogP contribution is 2.20. The van der Waals surface area contributed by atoms with Crippen LogP contribution in [-0.2, 0) is 9.53 Å². The van der Waals surface area contributed by atoms with E-state index in [-0.39, 0.29) is 18.1 Å². The second-order valence-electron chi connectivity index (χ2n) is 4.87. The highest BCUT2D eigenvalue weighted by molar-refractivity contribution is 5.75. The van der Waals surface area contributed by atoms with Crippen molar-refractivity contribution < 1.29 is 9.53 Å². The Hall–Kier alpha value is -1.35. The first-order valence-corrected chi connectivity index (χ1v) is 7.07. The molecule has 0 amide bonds. The summed E-state index contributed by atoms with van der Waals surface area (Å²) in [7, 11) is 1.43. The number of esters is 1. The smallest absolute Gasteiger partial charge is 0.322 e. The summed E-state index contributed by atoms with van der Waals surface area (Å²) in [5, 5.41) is 3.37. The molecule has 0 aromatic heterocycles. The molecule has 0 aliphatic rings. The second kappa shape index (κ2) is 8.70. The summed E-state index contributed by atoms with van der Waals surface area (Å²) in [5.74, 6) is -0.212. The lowest BCUT2D eigenvalue weighted by Gasteiger charge is -2.22. The topological polar surface area (TPSA) is 38.3 Å². The third-order valence-corrected chi connectivity index (χ3v) is 3.30. The van der Waals surface area contributed by atoms with Gasteiger partial charge in [-0.25, -0.2) is 0 Å². The van der Waals surface area contributed by atoms with Crippen molar-refractivity contribution in [3.05, 3.63) is 35.9 Å². The first kappa shape index (κ1) is 15.7. The monoisotopic (exact) mass is 263 g/mol. The number of nitrogens with one attached hydrogen (secondary N) is 1. The van der Waals surface area contributed by atoms with Crippen molar-refractivity contribution in [3.63, 3.8) is 0 Å². The fourth-order valence-electron chi connectivity index (χ4n) is 2.18. The van der Waals surface area contributed by atoms with Crippen LogP contribution in [0.15, 0.2) is 30.3 Å². The maximum Gasteiger partial charge on any atom is 0.322 e. The van der Waals surface area contributed by atoms with Gasteiger partial charge < -0.3 is 4.74 Å². The molecule has 2 atom stereocenters. The quantitative estimate of drug-likeness (QED) is 0.576. The molecule has 0 heterocycles. The number of rotatable bonds is 8. The predicted molar refractivity (Wildman–Crippen MR) is 77.9 cm³/mol. The van der Waals surface area contributed by atoms with Gasteiger partial charge in [0.25, 0.3) is 0 Å². The molecule has 3 heteroatoms. The van der Waals surface area contributed by atoms with Gasteiger partial charge in [0.2, 0.25) is 0 Å². The maximum atomic E-state index is 11.5. The molecule has 1 aromatic carbocycles. The first-order chi connectivity index (χ1) is 9.19. The number of hydrogen-bond donors (Lipinski definition) is 1. The minimum atomic E-state index is -0.281. The van der Waals surface area contributed by atoms with Gasteiger partial charge in [-0.3, -0.25) is 10.1 Å². The summed E-state index contributed by atoms with van der Waals surface area (Å²) in [6.07, 6.45) is 4.63. The zero-order chi connectivity index (χ0) is 14.1. The average Bonchev–Trinajstić information content (AvgIpc) is 2.46. The zero-order valence-electron chi connectivity index (χ0n) is 12.2. The Balaban J connectivity index is 2.67. The van der Waals surface area contributed by atoms with E-state index in [0.717, 1.165) is 12.8 Å². The SMILES string of the molecule is CCCCCC(NC(C)C(=O)OC)c1ccccc1. The Morgan fingerprint density at radius 3 is 2.53 bits per heavy atom. The number of methoxy groups -OCH3 is 1. The van der Waals surface area contributed by atoms with E-state index in [1.54, 1.807) is 0 Å². The van der Waals surface area contributed by atoms with Crippen LogP contribution in [0, 0.1) is 0 Å². The summed E-state index contributed by atoms with van der Waals surface area (Å²) in [5.41, 5.74) is 1.23. The summed E-state index contributed by atoms with van der Waals surface area (Å²) in [6, 6.07) is 10.2. The van der Waals surface area contributed by atoms with Gasteiger partial charge in [0.15, 0.2) is 0 Å². The Bertz CT molecular complexity index is 364. The minimum Gasteiger partial charge on any atom is -0.468 e. The lowest BCUT2D eigenvalue weighted by Crippen LogP contribution is -2.37. The van der Waals surface area contributed by atoms with E-state index in [0.29, 0.717) is 0 Å². The van der Waals surface area contributed by atoms with Crippen molar-refractivity contribution in [1.29, 1.82) is 0 Å². The van der Waals surface area contributed by atoms with Crippen LogP contribution in [0.3, 0.4) is 0 Å². The number of carbonyl (C=O) groups is 1. The van der Waals surface area contributed by atoms with E-state index >= 15 is 0 Å². The largest absolute Gasteiger partial charge is 0.468 e. The van der Waals surface area contributed by atoms with Gasteiger partial charge in [0.1, 0.15) is 6.04 Å². The highest BCUT2D eigenvalue weighted by atomic mass is 16.5. The lowest BCUT2D eigenvalue weighted by atomic mass is 9.99. The zero-order valence-corrected chi connectivity index (χ0v) is 12.2. The number of unbranched alkanes of at least 4 members (excludes halogenated alkanes) is 2. The molecule has 1 rings (SSSR count). The second-order valence-corrected chi connectivity index (χ2v) is 4.87. The summed E-state index contributed by atoms with van der Waals surface area (Å²) in [4.78, 5) is 11.5. The van der Waals surface area contributed by atoms with E-state index in [9.17, 15) is 4.79 Å². The molecule has 0 aliphatic carbocycles. The van der Waals surface area contributed by atoms with Gasteiger partial charge in [0, 0.05) is 6.04 Å².